The Kier molecular flexibility index (Phi) is 4.98. The summed E-state index contributed by atoms with van der Waals surface area (Å²) >= 11 is 0. The van der Waals surface area contributed by atoms with E-state index in [-0.39, 0.29) is 23.6 Å². The minimum Gasteiger partial charge on any atom is -0.465 e. The van der Waals surface area contributed by atoms with E-state index in [1.54, 1.807) is 42.9 Å². The van der Waals surface area contributed by atoms with Gasteiger partial charge in [-0.1, -0.05) is 6.07 Å². The quantitative estimate of drug-likeness (QED) is 0.283. The molecule has 0 bridgehead atoms. The minimum absolute atomic E-state index is 0.0894. The molecule has 0 spiro atoms. The molecule has 1 atom stereocenters. The summed E-state index contributed by atoms with van der Waals surface area (Å²) in [5.41, 5.74) is 9.08. The van der Waals surface area contributed by atoms with Gasteiger partial charge in [0.25, 0.3) is 11.6 Å². The average molecular weight is 441 g/mol. The second-order valence-corrected chi connectivity index (χ2v) is 7.54. The molecule has 1 aliphatic heterocycles. The van der Waals surface area contributed by atoms with Crippen molar-refractivity contribution in [2.24, 2.45) is 5.73 Å². The molecule has 1 aromatic carbocycles. The largest absolute Gasteiger partial charge is 0.465 e. The van der Waals surface area contributed by atoms with Crippen LogP contribution in [0.25, 0.3) is 22.4 Å². The average Bonchev–Trinajstić information content (AvgIpc) is 2.81. The van der Waals surface area contributed by atoms with Crippen LogP contribution in [-0.4, -0.2) is 27.6 Å². The molecule has 0 amide bonds. The number of hydrogen-bond donors (Lipinski definition) is 4. The number of ether oxygens (including phenoxy) is 2. The van der Waals surface area contributed by atoms with Crippen LogP contribution in [0.5, 0.6) is 11.5 Å². The van der Waals surface area contributed by atoms with Crippen LogP contribution in [0.1, 0.15) is 17.0 Å². The fraction of sp³-hybridized carbons (Fsp3) is 0.0833. The number of aromatic amines is 2. The molecule has 0 radical (unpaired) electrons. The summed E-state index contributed by atoms with van der Waals surface area (Å²) in [6.07, 6.45) is 4.74. The Morgan fingerprint density at radius 3 is 2.67 bits per heavy atom. The maximum absolute atomic E-state index is 12.3. The van der Waals surface area contributed by atoms with Gasteiger partial charge in [0.05, 0.1) is 17.8 Å². The van der Waals surface area contributed by atoms with Crippen LogP contribution in [-0.2, 0) is 4.74 Å². The number of nitrogens with one attached hydrogen (secondary N) is 3. The lowest BCUT2D eigenvalue weighted by molar-refractivity contribution is 0.274. The van der Waals surface area contributed by atoms with E-state index in [1.165, 1.54) is 6.07 Å². The number of aromatic nitrogens is 3. The third-order valence-corrected chi connectivity index (χ3v) is 5.48. The third kappa shape index (κ3) is 3.87. The number of nitrogens with zero attached hydrogens (tertiary/aromatic N) is 1. The summed E-state index contributed by atoms with van der Waals surface area (Å²) in [7, 11) is 0. The lowest BCUT2D eigenvalue weighted by Crippen LogP contribution is -2.22. The SMILES string of the molecule is N=C(N)OC[C@@H]1c2cc(-c3ccc[nH]c3=O)ccc2Oc2cnc(-c3cc[nH]c(=O)c3)cc21. The summed E-state index contributed by atoms with van der Waals surface area (Å²) in [5.74, 6) is 0.791. The normalized spacial score (nSPS) is 14.0. The summed E-state index contributed by atoms with van der Waals surface area (Å²) < 4.78 is 11.5. The highest BCUT2D eigenvalue weighted by Gasteiger charge is 2.30. The lowest BCUT2D eigenvalue weighted by Gasteiger charge is -2.28. The Hall–Kier alpha value is -4.66. The fourth-order valence-corrected chi connectivity index (χ4v) is 3.95. The van der Waals surface area contributed by atoms with E-state index in [1.807, 2.05) is 18.2 Å². The van der Waals surface area contributed by atoms with Crippen molar-refractivity contribution >= 4 is 6.02 Å². The third-order valence-electron chi connectivity index (χ3n) is 5.48. The predicted octanol–water partition coefficient (Wildman–Crippen LogP) is 2.94. The molecule has 164 valence electrons. The Balaban J connectivity index is 1.64. The summed E-state index contributed by atoms with van der Waals surface area (Å²) in [4.78, 5) is 33.8. The number of rotatable bonds is 4. The summed E-state index contributed by atoms with van der Waals surface area (Å²) in [6.45, 7) is 0.0894. The second-order valence-electron chi connectivity index (χ2n) is 7.54. The van der Waals surface area contributed by atoms with Gasteiger partial charge < -0.3 is 25.2 Å². The zero-order valence-electron chi connectivity index (χ0n) is 17.3. The Morgan fingerprint density at radius 2 is 1.88 bits per heavy atom. The molecule has 0 saturated carbocycles. The van der Waals surface area contributed by atoms with Crippen LogP contribution in [0.2, 0.25) is 0 Å². The van der Waals surface area contributed by atoms with Crippen molar-refractivity contribution in [3.05, 3.63) is 99.0 Å². The van der Waals surface area contributed by atoms with E-state index in [9.17, 15) is 9.59 Å². The van der Waals surface area contributed by atoms with Crippen LogP contribution in [0.3, 0.4) is 0 Å². The van der Waals surface area contributed by atoms with E-state index in [2.05, 4.69) is 15.0 Å². The standard InChI is InChI=1S/C24H19N5O4/c25-24(26)32-12-18-16-8-13(15-2-1-6-28-23(15)31)3-4-20(16)33-21-11-29-19(10-17(18)21)14-5-7-27-22(30)9-14/h1-11,18H,12H2,(H3,25,26)(H,27,30)(H,28,31)/t18-/m1/s1. The number of hydrogen-bond acceptors (Lipinski definition) is 6. The van der Waals surface area contributed by atoms with Crippen molar-refractivity contribution in [1.82, 2.24) is 15.0 Å². The van der Waals surface area contributed by atoms with Gasteiger partial charge in [-0.05, 0) is 42.0 Å². The lowest BCUT2D eigenvalue weighted by atomic mass is 9.86. The van der Waals surface area contributed by atoms with Crippen LogP contribution < -0.4 is 21.6 Å². The smallest absolute Gasteiger partial charge is 0.279 e. The highest BCUT2D eigenvalue weighted by Crippen LogP contribution is 2.46. The molecule has 0 unspecified atom stereocenters. The molecule has 0 fully saturated rings. The van der Waals surface area contributed by atoms with E-state index >= 15 is 0 Å². The predicted molar refractivity (Wildman–Crippen MR) is 123 cm³/mol. The Labute approximate surface area is 187 Å². The van der Waals surface area contributed by atoms with Crippen LogP contribution in [0, 0.1) is 5.41 Å². The second kappa shape index (κ2) is 8.12. The van der Waals surface area contributed by atoms with E-state index in [0.29, 0.717) is 28.3 Å². The fourth-order valence-electron chi connectivity index (χ4n) is 3.95. The Bertz CT molecular complexity index is 1490. The number of H-pyrrole nitrogens is 2. The molecular weight excluding hydrogens is 422 g/mol. The van der Waals surface area contributed by atoms with Crippen LogP contribution >= 0.6 is 0 Å². The van der Waals surface area contributed by atoms with Gasteiger partial charge in [-0.2, -0.15) is 0 Å². The number of fused-ring (bicyclic) bond motifs is 2. The maximum Gasteiger partial charge on any atom is 0.279 e. The van der Waals surface area contributed by atoms with Crippen molar-refractivity contribution in [3.8, 4) is 33.9 Å². The van der Waals surface area contributed by atoms with E-state index in [0.717, 1.165) is 16.7 Å². The molecule has 3 aromatic heterocycles. The first kappa shape index (κ1) is 20.3. The first-order valence-corrected chi connectivity index (χ1v) is 10.2. The molecule has 4 aromatic rings. The molecular formula is C24H19N5O4. The molecule has 5 N–H and O–H groups in total. The molecule has 9 heteroatoms. The summed E-state index contributed by atoms with van der Waals surface area (Å²) in [5, 5.41) is 7.51. The highest BCUT2D eigenvalue weighted by atomic mass is 16.5. The molecule has 0 saturated heterocycles. The monoisotopic (exact) mass is 441 g/mol. The first-order valence-electron chi connectivity index (χ1n) is 10.2. The van der Waals surface area contributed by atoms with Gasteiger partial charge in [-0.25, -0.2) is 0 Å². The van der Waals surface area contributed by atoms with Crippen molar-refractivity contribution in [2.75, 3.05) is 6.61 Å². The number of benzene rings is 1. The first-order chi connectivity index (χ1) is 16.0. The van der Waals surface area contributed by atoms with Gasteiger partial charge in [-0.3, -0.25) is 20.0 Å². The highest BCUT2D eigenvalue weighted by molar-refractivity contribution is 5.70. The van der Waals surface area contributed by atoms with E-state index in [4.69, 9.17) is 20.6 Å². The van der Waals surface area contributed by atoms with Gasteiger partial charge in [0, 0.05) is 40.7 Å². The van der Waals surface area contributed by atoms with Gasteiger partial charge >= 0.3 is 0 Å². The topological polar surface area (TPSA) is 147 Å². The number of nitrogens with two attached hydrogens (primary N) is 1. The molecule has 1 aliphatic rings. The van der Waals surface area contributed by atoms with Crippen LogP contribution in [0.15, 0.2) is 76.7 Å². The van der Waals surface area contributed by atoms with Crippen molar-refractivity contribution in [3.63, 3.8) is 0 Å². The van der Waals surface area contributed by atoms with Gasteiger partial charge in [0.1, 0.15) is 18.1 Å². The summed E-state index contributed by atoms with van der Waals surface area (Å²) in [6, 6.07) is 13.7. The zero-order chi connectivity index (χ0) is 22.9. The van der Waals surface area contributed by atoms with Crippen molar-refractivity contribution < 1.29 is 9.47 Å². The number of amidine groups is 1. The Morgan fingerprint density at radius 1 is 1.03 bits per heavy atom. The molecule has 33 heavy (non-hydrogen) atoms. The van der Waals surface area contributed by atoms with Gasteiger partial charge in [0.2, 0.25) is 5.56 Å². The molecule has 4 heterocycles. The van der Waals surface area contributed by atoms with Crippen molar-refractivity contribution in [1.29, 1.82) is 5.41 Å². The molecule has 5 rings (SSSR count). The van der Waals surface area contributed by atoms with Gasteiger partial charge in [0.15, 0.2) is 0 Å². The zero-order valence-corrected chi connectivity index (χ0v) is 17.3. The van der Waals surface area contributed by atoms with Gasteiger partial charge in [-0.15, -0.1) is 0 Å². The van der Waals surface area contributed by atoms with Crippen LogP contribution in [0.4, 0.5) is 0 Å². The molecule has 9 nitrogen and oxygen atoms in total. The minimum atomic E-state index is -0.399. The molecule has 0 aliphatic carbocycles. The van der Waals surface area contributed by atoms with E-state index < -0.39 is 6.02 Å². The maximum atomic E-state index is 12.3. The number of pyridine rings is 3. The van der Waals surface area contributed by atoms with Crippen molar-refractivity contribution in [2.45, 2.75) is 5.92 Å².